The third-order valence-corrected chi connectivity index (χ3v) is 8.67. The van der Waals surface area contributed by atoms with Crippen LogP contribution in [0.5, 0.6) is 0 Å². The summed E-state index contributed by atoms with van der Waals surface area (Å²) in [5, 5.41) is 0. The van der Waals surface area contributed by atoms with Crippen LogP contribution < -0.4 is 4.72 Å². The SMILES string of the molecule is O=S(=O)(NCC1(N2CCSCC2)CCOCC1)c1ccc2c(c1)CCCC2. The molecule has 4 rings (SSSR count). The minimum Gasteiger partial charge on any atom is -0.381 e. The molecular weight excluding hydrogens is 380 g/mol. The van der Waals surface area contributed by atoms with E-state index < -0.39 is 10.0 Å². The molecule has 1 aliphatic carbocycles. The zero-order valence-corrected chi connectivity index (χ0v) is 17.5. The van der Waals surface area contributed by atoms with E-state index in [4.69, 9.17) is 4.74 Å². The minimum atomic E-state index is -3.49. The number of aryl methyl sites for hydroxylation is 2. The standard InChI is InChI=1S/C20H30N2O3S2/c23-27(24,19-6-5-17-3-1-2-4-18(17)15-19)21-16-20(7-11-25-12-8-20)22-9-13-26-14-10-22/h5-6,15,21H,1-4,7-14,16H2. The van der Waals surface area contributed by atoms with Crippen molar-refractivity contribution in [3.63, 3.8) is 0 Å². The number of rotatable bonds is 5. The van der Waals surface area contributed by atoms with Crippen LogP contribution in [0.2, 0.25) is 0 Å². The molecule has 5 nitrogen and oxygen atoms in total. The minimum absolute atomic E-state index is 0.111. The fourth-order valence-corrected chi connectivity index (χ4v) is 6.66. The molecule has 2 fully saturated rings. The molecule has 3 aliphatic rings. The van der Waals surface area contributed by atoms with Crippen molar-refractivity contribution >= 4 is 21.8 Å². The van der Waals surface area contributed by atoms with E-state index in [1.54, 1.807) is 6.07 Å². The summed E-state index contributed by atoms with van der Waals surface area (Å²) in [6, 6.07) is 5.68. The first-order valence-electron chi connectivity index (χ1n) is 10.1. The van der Waals surface area contributed by atoms with Crippen molar-refractivity contribution in [1.29, 1.82) is 0 Å². The maximum atomic E-state index is 13.0. The van der Waals surface area contributed by atoms with E-state index in [2.05, 4.69) is 9.62 Å². The number of nitrogens with one attached hydrogen (secondary N) is 1. The predicted molar refractivity (Wildman–Crippen MR) is 110 cm³/mol. The Kier molecular flexibility index (Phi) is 6.14. The number of hydrogen-bond donors (Lipinski definition) is 1. The molecule has 2 saturated heterocycles. The lowest BCUT2D eigenvalue weighted by Gasteiger charge is -2.48. The summed E-state index contributed by atoms with van der Waals surface area (Å²) in [7, 11) is -3.49. The average Bonchev–Trinajstić information content (AvgIpc) is 2.73. The number of ether oxygens (including phenoxy) is 1. The molecule has 2 aliphatic heterocycles. The maximum Gasteiger partial charge on any atom is 0.240 e. The van der Waals surface area contributed by atoms with E-state index in [0.717, 1.165) is 56.7 Å². The molecule has 27 heavy (non-hydrogen) atoms. The van der Waals surface area contributed by atoms with Crippen LogP contribution in [0.1, 0.15) is 36.8 Å². The lowest BCUT2D eigenvalue weighted by Crippen LogP contribution is -2.60. The van der Waals surface area contributed by atoms with Crippen molar-refractivity contribution < 1.29 is 13.2 Å². The molecule has 1 aromatic carbocycles. The van der Waals surface area contributed by atoms with Crippen molar-refractivity contribution in [2.24, 2.45) is 0 Å². The highest BCUT2D eigenvalue weighted by molar-refractivity contribution is 7.99. The Balaban J connectivity index is 1.51. The number of nitrogens with zero attached hydrogens (tertiary/aromatic N) is 1. The molecule has 0 amide bonds. The lowest BCUT2D eigenvalue weighted by atomic mass is 9.88. The Labute approximate surface area is 167 Å². The van der Waals surface area contributed by atoms with Gasteiger partial charge in [-0.15, -0.1) is 0 Å². The van der Waals surface area contributed by atoms with Gasteiger partial charge in [-0.05, 0) is 61.8 Å². The topological polar surface area (TPSA) is 58.6 Å². The molecule has 0 aromatic heterocycles. The second-order valence-corrected chi connectivity index (χ2v) is 10.9. The van der Waals surface area contributed by atoms with Gasteiger partial charge in [0, 0.05) is 49.9 Å². The number of benzene rings is 1. The van der Waals surface area contributed by atoms with Gasteiger partial charge >= 0.3 is 0 Å². The fraction of sp³-hybridized carbons (Fsp3) is 0.700. The Morgan fingerprint density at radius 2 is 1.78 bits per heavy atom. The summed E-state index contributed by atoms with van der Waals surface area (Å²) >= 11 is 1.98. The monoisotopic (exact) mass is 410 g/mol. The number of sulfonamides is 1. The first kappa shape index (κ1) is 19.7. The maximum absolute atomic E-state index is 13.0. The Morgan fingerprint density at radius 1 is 1.07 bits per heavy atom. The third kappa shape index (κ3) is 4.37. The Bertz CT molecular complexity index is 754. The molecule has 0 bridgehead atoms. The van der Waals surface area contributed by atoms with Gasteiger partial charge in [-0.25, -0.2) is 13.1 Å². The Hall–Kier alpha value is -0.600. The highest BCUT2D eigenvalue weighted by Gasteiger charge is 2.40. The van der Waals surface area contributed by atoms with Crippen LogP contribution in [-0.2, 0) is 27.6 Å². The van der Waals surface area contributed by atoms with Gasteiger partial charge in [-0.1, -0.05) is 6.07 Å². The van der Waals surface area contributed by atoms with Crippen LogP contribution in [0.15, 0.2) is 23.1 Å². The van der Waals surface area contributed by atoms with Gasteiger partial charge in [-0.3, -0.25) is 4.90 Å². The molecule has 0 atom stereocenters. The molecular formula is C20H30N2O3S2. The summed E-state index contributed by atoms with van der Waals surface area (Å²) in [5.74, 6) is 2.25. The molecule has 1 aromatic rings. The van der Waals surface area contributed by atoms with Gasteiger partial charge in [0.15, 0.2) is 0 Å². The number of thioether (sulfide) groups is 1. The third-order valence-electron chi connectivity index (χ3n) is 6.33. The van der Waals surface area contributed by atoms with Crippen LogP contribution >= 0.6 is 11.8 Å². The smallest absolute Gasteiger partial charge is 0.240 e. The zero-order chi connectivity index (χ0) is 18.7. The van der Waals surface area contributed by atoms with Gasteiger partial charge in [0.1, 0.15) is 0 Å². The van der Waals surface area contributed by atoms with E-state index in [-0.39, 0.29) is 5.54 Å². The molecule has 7 heteroatoms. The molecule has 0 unspecified atom stereocenters. The quantitative estimate of drug-likeness (QED) is 0.808. The summed E-state index contributed by atoms with van der Waals surface area (Å²) in [4.78, 5) is 2.92. The highest BCUT2D eigenvalue weighted by atomic mass is 32.2. The summed E-state index contributed by atoms with van der Waals surface area (Å²) in [6.07, 6.45) is 6.20. The highest BCUT2D eigenvalue weighted by Crippen LogP contribution is 2.31. The van der Waals surface area contributed by atoms with Crippen molar-refractivity contribution in [3.05, 3.63) is 29.3 Å². The fourth-order valence-electron chi connectivity index (χ4n) is 4.58. The van der Waals surface area contributed by atoms with Gasteiger partial charge < -0.3 is 4.74 Å². The zero-order valence-electron chi connectivity index (χ0n) is 15.9. The van der Waals surface area contributed by atoms with Crippen LogP contribution in [0.3, 0.4) is 0 Å². The van der Waals surface area contributed by atoms with Crippen LogP contribution in [0, 0.1) is 0 Å². The molecule has 0 spiro atoms. The summed E-state index contributed by atoms with van der Waals surface area (Å²) in [5.41, 5.74) is 2.41. The normalized spacial score (nSPS) is 23.7. The van der Waals surface area contributed by atoms with Crippen LogP contribution in [0.4, 0.5) is 0 Å². The van der Waals surface area contributed by atoms with Gasteiger partial charge in [0.2, 0.25) is 10.0 Å². The molecule has 0 saturated carbocycles. The second-order valence-electron chi connectivity index (χ2n) is 7.90. The van der Waals surface area contributed by atoms with E-state index >= 15 is 0 Å². The molecule has 1 N–H and O–H groups in total. The first-order valence-corrected chi connectivity index (χ1v) is 12.7. The number of fused-ring (bicyclic) bond motifs is 1. The molecule has 150 valence electrons. The van der Waals surface area contributed by atoms with E-state index in [1.807, 2.05) is 23.9 Å². The summed E-state index contributed by atoms with van der Waals surface area (Å²) in [6.45, 7) is 3.96. The van der Waals surface area contributed by atoms with Crippen molar-refractivity contribution in [2.75, 3.05) is 44.4 Å². The predicted octanol–water partition coefficient (Wildman–Crippen LogP) is 2.44. The van der Waals surface area contributed by atoms with E-state index in [9.17, 15) is 8.42 Å². The van der Waals surface area contributed by atoms with E-state index in [0.29, 0.717) is 24.7 Å². The second kappa shape index (κ2) is 8.41. The van der Waals surface area contributed by atoms with Gasteiger partial charge in [0.05, 0.1) is 4.90 Å². The Morgan fingerprint density at radius 3 is 2.52 bits per heavy atom. The molecule has 0 radical (unpaired) electrons. The lowest BCUT2D eigenvalue weighted by molar-refractivity contribution is -0.0218. The van der Waals surface area contributed by atoms with Crippen LogP contribution in [0.25, 0.3) is 0 Å². The average molecular weight is 411 g/mol. The van der Waals surface area contributed by atoms with Crippen LogP contribution in [-0.4, -0.2) is 63.2 Å². The number of hydrogen-bond acceptors (Lipinski definition) is 5. The van der Waals surface area contributed by atoms with Gasteiger partial charge in [0.25, 0.3) is 0 Å². The first-order chi connectivity index (χ1) is 13.1. The van der Waals surface area contributed by atoms with Crippen molar-refractivity contribution in [1.82, 2.24) is 9.62 Å². The largest absolute Gasteiger partial charge is 0.381 e. The van der Waals surface area contributed by atoms with Crippen molar-refractivity contribution in [3.8, 4) is 0 Å². The summed E-state index contributed by atoms with van der Waals surface area (Å²) < 4.78 is 34.6. The molecule has 2 heterocycles. The van der Waals surface area contributed by atoms with Gasteiger partial charge in [-0.2, -0.15) is 11.8 Å². The van der Waals surface area contributed by atoms with E-state index in [1.165, 1.54) is 17.5 Å². The van der Waals surface area contributed by atoms with Crippen molar-refractivity contribution in [2.45, 2.75) is 49.0 Å².